The average molecular weight is 262 g/mol. The van der Waals surface area contributed by atoms with Crippen LogP contribution in [0.4, 0.5) is 0 Å². The molecule has 0 fully saturated rings. The zero-order chi connectivity index (χ0) is 13.9. The van der Waals surface area contributed by atoms with Crippen LogP contribution in [0.3, 0.4) is 0 Å². The van der Waals surface area contributed by atoms with Gasteiger partial charge < -0.3 is 4.74 Å². The topological polar surface area (TPSA) is 26.3 Å². The number of carbonyl (C=O) groups excluding carboxylic acids is 1. The van der Waals surface area contributed by atoms with Gasteiger partial charge >= 0.3 is 5.97 Å². The van der Waals surface area contributed by atoms with Crippen LogP contribution in [-0.4, -0.2) is 5.97 Å². The second-order valence-corrected chi connectivity index (χ2v) is 4.61. The normalized spacial score (nSPS) is 10.6. The van der Waals surface area contributed by atoms with Crippen LogP contribution in [0.2, 0.25) is 0 Å². The standard InChI is InChI=1S/C18H14O2/c1-2-18(19)20-12-14-11-13-7-3-4-8-15(13)17-10-6-5-9-16(14)17/h2-11H,1,12H2. The second-order valence-electron chi connectivity index (χ2n) is 4.61. The lowest BCUT2D eigenvalue weighted by Gasteiger charge is -2.10. The molecule has 0 heterocycles. The number of carbonyl (C=O) groups is 1. The molecule has 0 saturated carbocycles. The number of hydrogen-bond donors (Lipinski definition) is 0. The number of fused-ring (bicyclic) bond motifs is 3. The molecule has 0 spiro atoms. The lowest BCUT2D eigenvalue weighted by Crippen LogP contribution is -2.00. The Labute approximate surface area is 117 Å². The fourth-order valence-electron chi connectivity index (χ4n) is 2.46. The van der Waals surface area contributed by atoms with Gasteiger partial charge in [0, 0.05) is 6.08 Å². The largest absolute Gasteiger partial charge is 0.458 e. The van der Waals surface area contributed by atoms with E-state index in [0.29, 0.717) is 0 Å². The van der Waals surface area contributed by atoms with Gasteiger partial charge in [-0.15, -0.1) is 0 Å². The minimum absolute atomic E-state index is 0.260. The summed E-state index contributed by atoms with van der Waals surface area (Å²) in [6.45, 7) is 3.67. The molecular formula is C18H14O2. The SMILES string of the molecule is C=CC(=O)OCc1cc2ccccc2c2ccccc12. The molecule has 0 aliphatic heterocycles. The van der Waals surface area contributed by atoms with Crippen LogP contribution >= 0.6 is 0 Å². The molecule has 3 rings (SSSR count). The van der Waals surface area contributed by atoms with Gasteiger partial charge in [-0.25, -0.2) is 4.79 Å². The first-order chi connectivity index (χ1) is 9.79. The second kappa shape index (κ2) is 5.17. The molecule has 3 aromatic carbocycles. The number of benzene rings is 3. The van der Waals surface area contributed by atoms with Gasteiger partial charge in [-0.05, 0) is 33.2 Å². The smallest absolute Gasteiger partial charge is 0.330 e. The van der Waals surface area contributed by atoms with Crippen molar-refractivity contribution in [2.24, 2.45) is 0 Å². The zero-order valence-electron chi connectivity index (χ0n) is 11.0. The highest BCUT2D eigenvalue weighted by molar-refractivity contribution is 6.08. The van der Waals surface area contributed by atoms with Crippen molar-refractivity contribution in [3.8, 4) is 0 Å². The molecule has 0 radical (unpaired) electrons. The van der Waals surface area contributed by atoms with E-state index >= 15 is 0 Å². The average Bonchev–Trinajstić information content (AvgIpc) is 2.52. The van der Waals surface area contributed by atoms with Crippen molar-refractivity contribution >= 4 is 27.5 Å². The van der Waals surface area contributed by atoms with Gasteiger partial charge in [0.15, 0.2) is 0 Å². The molecule has 0 aromatic heterocycles. The van der Waals surface area contributed by atoms with Gasteiger partial charge in [-0.2, -0.15) is 0 Å². The molecule has 0 saturated heterocycles. The summed E-state index contributed by atoms with van der Waals surface area (Å²) in [5, 5.41) is 4.65. The van der Waals surface area contributed by atoms with Gasteiger partial charge in [-0.3, -0.25) is 0 Å². The van der Waals surface area contributed by atoms with E-state index < -0.39 is 5.97 Å². The van der Waals surface area contributed by atoms with Crippen molar-refractivity contribution in [3.63, 3.8) is 0 Å². The van der Waals surface area contributed by atoms with Gasteiger partial charge in [0.2, 0.25) is 0 Å². The molecule has 0 atom stereocenters. The van der Waals surface area contributed by atoms with Gasteiger partial charge in [-0.1, -0.05) is 55.1 Å². The van der Waals surface area contributed by atoms with E-state index in [1.54, 1.807) is 0 Å². The highest BCUT2D eigenvalue weighted by atomic mass is 16.5. The van der Waals surface area contributed by atoms with E-state index in [4.69, 9.17) is 4.74 Å². The van der Waals surface area contributed by atoms with Gasteiger partial charge in [0.1, 0.15) is 6.61 Å². The van der Waals surface area contributed by atoms with E-state index in [9.17, 15) is 4.79 Å². The third kappa shape index (κ3) is 2.16. The third-order valence-electron chi connectivity index (χ3n) is 3.39. The van der Waals surface area contributed by atoms with E-state index in [0.717, 1.165) is 16.3 Å². The highest BCUT2D eigenvalue weighted by Gasteiger charge is 2.07. The van der Waals surface area contributed by atoms with Crippen LogP contribution in [0.1, 0.15) is 5.56 Å². The molecule has 20 heavy (non-hydrogen) atoms. The van der Waals surface area contributed by atoms with Crippen molar-refractivity contribution in [3.05, 3.63) is 72.8 Å². The molecule has 0 bridgehead atoms. The van der Waals surface area contributed by atoms with E-state index in [-0.39, 0.29) is 6.61 Å². The van der Waals surface area contributed by atoms with Crippen LogP contribution in [0.5, 0.6) is 0 Å². The fourth-order valence-corrected chi connectivity index (χ4v) is 2.46. The molecule has 2 nitrogen and oxygen atoms in total. The van der Waals surface area contributed by atoms with Crippen LogP contribution < -0.4 is 0 Å². The van der Waals surface area contributed by atoms with Crippen LogP contribution in [0.15, 0.2) is 67.3 Å². The van der Waals surface area contributed by atoms with E-state index in [2.05, 4.69) is 36.9 Å². The van der Waals surface area contributed by atoms with E-state index in [1.165, 1.54) is 16.8 Å². The maximum Gasteiger partial charge on any atom is 0.330 e. The van der Waals surface area contributed by atoms with Gasteiger partial charge in [0.05, 0.1) is 0 Å². The summed E-state index contributed by atoms with van der Waals surface area (Å²) >= 11 is 0. The first-order valence-electron chi connectivity index (χ1n) is 6.48. The van der Waals surface area contributed by atoms with Crippen LogP contribution in [0, 0.1) is 0 Å². The van der Waals surface area contributed by atoms with Gasteiger partial charge in [0.25, 0.3) is 0 Å². The Morgan fingerprint density at radius 3 is 2.40 bits per heavy atom. The Hall–Kier alpha value is -2.61. The molecule has 2 heteroatoms. The van der Waals surface area contributed by atoms with E-state index in [1.807, 2.05) is 24.3 Å². The molecule has 0 N–H and O–H groups in total. The minimum atomic E-state index is -0.401. The quantitative estimate of drug-likeness (QED) is 0.401. The van der Waals surface area contributed by atoms with Crippen LogP contribution in [0.25, 0.3) is 21.5 Å². The fraction of sp³-hybridized carbons (Fsp3) is 0.0556. The third-order valence-corrected chi connectivity index (χ3v) is 3.39. The lowest BCUT2D eigenvalue weighted by molar-refractivity contribution is -0.138. The number of esters is 1. The highest BCUT2D eigenvalue weighted by Crippen LogP contribution is 2.29. The molecule has 0 amide bonds. The molecule has 0 aliphatic rings. The first-order valence-corrected chi connectivity index (χ1v) is 6.48. The summed E-state index contributed by atoms with van der Waals surface area (Å²) in [4.78, 5) is 11.2. The molecule has 3 aromatic rings. The molecule has 98 valence electrons. The van der Waals surface area contributed by atoms with Crippen molar-refractivity contribution in [1.82, 2.24) is 0 Å². The zero-order valence-corrected chi connectivity index (χ0v) is 11.0. The monoisotopic (exact) mass is 262 g/mol. The van der Waals surface area contributed by atoms with Crippen molar-refractivity contribution in [2.75, 3.05) is 0 Å². The summed E-state index contributed by atoms with van der Waals surface area (Å²) in [6.07, 6.45) is 1.18. The number of hydrogen-bond acceptors (Lipinski definition) is 2. The predicted octanol–water partition coefficient (Wildman–Crippen LogP) is 4.22. The van der Waals surface area contributed by atoms with Crippen molar-refractivity contribution in [1.29, 1.82) is 0 Å². The lowest BCUT2D eigenvalue weighted by atomic mass is 9.98. The Kier molecular flexibility index (Phi) is 3.21. The van der Waals surface area contributed by atoms with Crippen LogP contribution in [-0.2, 0) is 16.1 Å². The molecule has 0 unspecified atom stereocenters. The Morgan fingerprint density at radius 2 is 1.65 bits per heavy atom. The first kappa shape index (κ1) is 12.4. The predicted molar refractivity (Wildman–Crippen MR) is 81.4 cm³/mol. The minimum Gasteiger partial charge on any atom is -0.458 e. The Balaban J connectivity index is 2.18. The Morgan fingerprint density at radius 1 is 1.00 bits per heavy atom. The summed E-state index contributed by atoms with van der Waals surface area (Å²) in [5.41, 5.74) is 1.01. The maximum absolute atomic E-state index is 11.2. The number of rotatable bonds is 3. The summed E-state index contributed by atoms with van der Waals surface area (Å²) in [6, 6.07) is 18.5. The maximum atomic E-state index is 11.2. The summed E-state index contributed by atoms with van der Waals surface area (Å²) < 4.78 is 5.18. The summed E-state index contributed by atoms with van der Waals surface area (Å²) in [7, 11) is 0. The van der Waals surface area contributed by atoms with Crippen molar-refractivity contribution in [2.45, 2.75) is 6.61 Å². The van der Waals surface area contributed by atoms with Crippen molar-refractivity contribution < 1.29 is 9.53 Å². The molecule has 0 aliphatic carbocycles. The Bertz CT molecular complexity index is 803. The summed E-state index contributed by atoms with van der Waals surface area (Å²) in [5.74, 6) is -0.401. The molecular weight excluding hydrogens is 248 g/mol. The number of ether oxygens (including phenoxy) is 1.